The van der Waals surface area contributed by atoms with Crippen LogP contribution < -0.4 is 10.6 Å². The van der Waals surface area contributed by atoms with Crippen LogP contribution in [0.25, 0.3) is 0 Å². The molecule has 1 atom stereocenters. The highest BCUT2D eigenvalue weighted by molar-refractivity contribution is 14.0. The van der Waals surface area contributed by atoms with E-state index in [0.717, 1.165) is 51.8 Å². The Kier molecular flexibility index (Phi) is 8.85. The van der Waals surface area contributed by atoms with Gasteiger partial charge in [0.25, 0.3) is 0 Å². The fourth-order valence-corrected chi connectivity index (χ4v) is 3.04. The summed E-state index contributed by atoms with van der Waals surface area (Å²) < 4.78 is 0. The van der Waals surface area contributed by atoms with Gasteiger partial charge in [0.15, 0.2) is 5.96 Å². The highest BCUT2D eigenvalue weighted by Crippen LogP contribution is 2.17. The largest absolute Gasteiger partial charge is 0.357 e. The van der Waals surface area contributed by atoms with Crippen molar-refractivity contribution in [1.29, 1.82) is 0 Å². The summed E-state index contributed by atoms with van der Waals surface area (Å²) in [6.07, 6.45) is 5.80. The first-order valence-corrected chi connectivity index (χ1v) is 8.67. The maximum atomic E-state index is 4.79. The van der Waals surface area contributed by atoms with Crippen LogP contribution in [0.5, 0.6) is 0 Å². The Balaban J connectivity index is 0.00000264. The number of rotatable bonds is 5. The average molecular weight is 435 g/mol. The lowest BCUT2D eigenvalue weighted by Crippen LogP contribution is -2.43. The third-order valence-corrected chi connectivity index (χ3v) is 4.19. The van der Waals surface area contributed by atoms with E-state index in [1.54, 1.807) is 0 Å². The molecule has 1 fully saturated rings. The summed E-state index contributed by atoms with van der Waals surface area (Å²) in [6, 6.07) is 0.673. The van der Waals surface area contributed by atoms with E-state index in [9.17, 15) is 0 Å². The smallest absolute Gasteiger partial charge is 0.194 e. The first kappa shape index (κ1) is 20.7. The molecule has 6 heteroatoms. The van der Waals surface area contributed by atoms with Crippen molar-refractivity contribution in [2.75, 3.05) is 45.8 Å². The van der Waals surface area contributed by atoms with E-state index in [2.05, 4.69) is 60.3 Å². The van der Waals surface area contributed by atoms with Gasteiger partial charge in [0.2, 0.25) is 0 Å². The van der Waals surface area contributed by atoms with Crippen molar-refractivity contribution in [2.45, 2.75) is 45.7 Å². The summed E-state index contributed by atoms with van der Waals surface area (Å²) in [5.41, 5.74) is 0.162. The second-order valence-corrected chi connectivity index (χ2v) is 7.23. The van der Waals surface area contributed by atoms with Crippen LogP contribution in [0.1, 0.15) is 34.1 Å². The minimum Gasteiger partial charge on any atom is -0.357 e. The molecule has 134 valence electrons. The summed E-state index contributed by atoms with van der Waals surface area (Å²) in [6.45, 7) is 15.8. The molecule has 0 aromatic heterocycles. The van der Waals surface area contributed by atoms with Gasteiger partial charge in [-0.05, 0) is 34.1 Å². The van der Waals surface area contributed by atoms with Crippen molar-refractivity contribution >= 4 is 29.9 Å². The molecule has 0 radical (unpaired) electrons. The molecular weight excluding hydrogens is 401 g/mol. The molecule has 1 saturated heterocycles. The van der Waals surface area contributed by atoms with Crippen LogP contribution in [-0.4, -0.2) is 73.2 Å². The van der Waals surface area contributed by atoms with Crippen LogP contribution in [-0.2, 0) is 0 Å². The molecule has 0 aromatic carbocycles. The molecule has 5 nitrogen and oxygen atoms in total. The van der Waals surface area contributed by atoms with E-state index in [0.29, 0.717) is 6.04 Å². The monoisotopic (exact) mass is 435 g/mol. The second kappa shape index (κ2) is 9.84. The quantitative estimate of drug-likeness (QED) is 0.228. The van der Waals surface area contributed by atoms with Gasteiger partial charge in [0.1, 0.15) is 0 Å². The van der Waals surface area contributed by atoms with Crippen LogP contribution in [0.2, 0.25) is 0 Å². The number of hydrogen-bond acceptors (Lipinski definition) is 3. The number of aliphatic imine (C=N–C) groups is 1. The van der Waals surface area contributed by atoms with E-state index in [1.165, 1.54) is 6.42 Å². The van der Waals surface area contributed by atoms with Crippen LogP contribution >= 0.6 is 24.0 Å². The number of nitrogens with zero attached hydrogens (tertiary/aromatic N) is 3. The molecule has 0 aliphatic carbocycles. The summed E-state index contributed by atoms with van der Waals surface area (Å²) in [5, 5.41) is 6.94. The molecule has 2 heterocycles. The first-order valence-electron chi connectivity index (χ1n) is 8.67. The Labute approximate surface area is 159 Å². The first-order chi connectivity index (χ1) is 10.5. The molecular formula is C17H34IN5. The van der Waals surface area contributed by atoms with Gasteiger partial charge in [-0.25, -0.2) is 0 Å². The van der Waals surface area contributed by atoms with Gasteiger partial charge in [-0.15, -0.1) is 24.0 Å². The van der Waals surface area contributed by atoms with Crippen LogP contribution in [0.15, 0.2) is 17.1 Å². The third kappa shape index (κ3) is 6.97. The molecule has 2 aliphatic heterocycles. The third-order valence-electron chi connectivity index (χ3n) is 4.19. The SMILES string of the molecule is CCNC(=NCCNC(C)(C)C)N1CCC(N2CC=CC2)C1.I. The van der Waals surface area contributed by atoms with Crippen molar-refractivity contribution in [3.63, 3.8) is 0 Å². The second-order valence-electron chi connectivity index (χ2n) is 7.23. The van der Waals surface area contributed by atoms with E-state index in [1.807, 2.05) is 0 Å². The predicted molar refractivity (Wildman–Crippen MR) is 110 cm³/mol. The maximum Gasteiger partial charge on any atom is 0.194 e. The molecule has 0 saturated carbocycles. The molecule has 1 unspecified atom stereocenters. The molecule has 0 bridgehead atoms. The van der Waals surface area contributed by atoms with E-state index in [4.69, 9.17) is 4.99 Å². The summed E-state index contributed by atoms with van der Waals surface area (Å²) >= 11 is 0. The fourth-order valence-electron chi connectivity index (χ4n) is 3.04. The van der Waals surface area contributed by atoms with Gasteiger partial charge >= 0.3 is 0 Å². The Morgan fingerprint density at radius 3 is 2.57 bits per heavy atom. The van der Waals surface area contributed by atoms with Gasteiger partial charge in [0.05, 0.1) is 6.54 Å². The van der Waals surface area contributed by atoms with Crippen LogP contribution in [0.4, 0.5) is 0 Å². The molecule has 0 spiro atoms. The minimum absolute atomic E-state index is 0. The Morgan fingerprint density at radius 1 is 1.26 bits per heavy atom. The molecule has 2 N–H and O–H groups in total. The summed E-state index contributed by atoms with van der Waals surface area (Å²) in [5.74, 6) is 1.08. The molecule has 2 aliphatic rings. The maximum absolute atomic E-state index is 4.79. The van der Waals surface area contributed by atoms with Crippen LogP contribution in [0, 0.1) is 0 Å². The topological polar surface area (TPSA) is 42.9 Å². The zero-order valence-electron chi connectivity index (χ0n) is 15.1. The van der Waals surface area contributed by atoms with Gasteiger partial charge < -0.3 is 15.5 Å². The van der Waals surface area contributed by atoms with Gasteiger partial charge in [-0.3, -0.25) is 9.89 Å². The molecule has 23 heavy (non-hydrogen) atoms. The molecule has 2 rings (SSSR count). The van der Waals surface area contributed by atoms with Crippen molar-refractivity contribution in [3.8, 4) is 0 Å². The van der Waals surface area contributed by atoms with Gasteiger partial charge in [0, 0.05) is 50.8 Å². The zero-order chi connectivity index (χ0) is 16.0. The highest BCUT2D eigenvalue weighted by Gasteiger charge is 2.29. The van der Waals surface area contributed by atoms with E-state index in [-0.39, 0.29) is 29.5 Å². The molecule has 0 amide bonds. The average Bonchev–Trinajstić information content (AvgIpc) is 3.10. The van der Waals surface area contributed by atoms with Crippen LogP contribution in [0.3, 0.4) is 0 Å². The lowest BCUT2D eigenvalue weighted by Gasteiger charge is -2.25. The number of halogens is 1. The van der Waals surface area contributed by atoms with Crippen molar-refractivity contribution < 1.29 is 0 Å². The van der Waals surface area contributed by atoms with Gasteiger partial charge in [-0.1, -0.05) is 12.2 Å². The molecule has 0 aromatic rings. The number of nitrogens with one attached hydrogen (secondary N) is 2. The van der Waals surface area contributed by atoms with Crippen molar-refractivity contribution in [1.82, 2.24) is 20.4 Å². The summed E-state index contributed by atoms with van der Waals surface area (Å²) in [7, 11) is 0. The number of hydrogen-bond donors (Lipinski definition) is 2. The number of guanidine groups is 1. The fraction of sp³-hybridized carbons (Fsp3) is 0.824. The summed E-state index contributed by atoms with van der Waals surface area (Å²) in [4.78, 5) is 9.77. The lowest BCUT2D eigenvalue weighted by atomic mass is 10.1. The number of likely N-dealkylation sites (tertiary alicyclic amines) is 1. The standard InChI is InChI=1S/C17H33N5.HI/c1-5-18-16(19-9-10-20-17(2,3)4)22-13-8-15(14-22)21-11-6-7-12-21;/h6-7,15,20H,5,8-14H2,1-4H3,(H,18,19);1H. The lowest BCUT2D eigenvalue weighted by molar-refractivity contribution is 0.259. The zero-order valence-corrected chi connectivity index (χ0v) is 17.5. The predicted octanol–water partition coefficient (Wildman–Crippen LogP) is 1.90. The Morgan fingerprint density at radius 2 is 1.96 bits per heavy atom. The van der Waals surface area contributed by atoms with Crippen molar-refractivity contribution in [3.05, 3.63) is 12.2 Å². The minimum atomic E-state index is 0. The normalized spacial score (nSPS) is 22.5. The highest BCUT2D eigenvalue weighted by atomic mass is 127. The Hall–Kier alpha value is -0.340. The van der Waals surface area contributed by atoms with E-state index < -0.39 is 0 Å². The Bertz CT molecular complexity index is 394. The van der Waals surface area contributed by atoms with Crippen molar-refractivity contribution in [2.24, 2.45) is 4.99 Å². The van der Waals surface area contributed by atoms with Gasteiger partial charge in [-0.2, -0.15) is 0 Å². The van der Waals surface area contributed by atoms with E-state index >= 15 is 0 Å².